The van der Waals surface area contributed by atoms with Crippen molar-refractivity contribution < 1.29 is 4.79 Å². The number of hydrogen-bond acceptors (Lipinski definition) is 4. The Labute approximate surface area is 176 Å². The molecule has 28 heavy (non-hydrogen) atoms. The highest BCUT2D eigenvalue weighted by atomic mass is 35.5. The molecule has 0 aliphatic heterocycles. The van der Waals surface area contributed by atoms with Crippen LogP contribution < -0.4 is 5.32 Å². The second-order valence-corrected chi connectivity index (χ2v) is 8.33. The summed E-state index contributed by atoms with van der Waals surface area (Å²) in [4.78, 5) is 23.2. The van der Waals surface area contributed by atoms with Crippen LogP contribution in [0.15, 0.2) is 48.5 Å². The molecule has 2 aromatic carbocycles. The fourth-order valence-corrected chi connectivity index (χ4v) is 3.97. The molecule has 4 nitrogen and oxygen atoms in total. The summed E-state index contributed by atoms with van der Waals surface area (Å²) < 4.78 is 0. The summed E-state index contributed by atoms with van der Waals surface area (Å²) in [6.45, 7) is 3.90. The number of aromatic nitrogens is 2. The van der Waals surface area contributed by atoms with Gasteiger partial charge in [-0.05, 0) is 38.1 Å². The average Bonchev–Trinajstić information content (AvgIpc) is 3.00. The zero-order valence-electron chi connectivity index (χ0n) is 15.1. The molecule has 2 aromatic heterocycles. The number of carbonyl (C=O) groups excluding carboxylic acids is 1. The zero-order valence-corrected chi connectivity index (χ0v) is 17.4. The van der Waals surface area contributed by atoms with E-state index >= 15 is 0 Å². The van der Waals surface area contributed by atoms with Crippen molar-refractivity contribution in [3.05, 3.63) is 74.7 Å². The first-order valence-electron chi connectivity index (χ1n) is 8.53. The number of thiazole rings is 1. The van der Waals surface area contributed by atoms with Crippen LogP contribution in [0.5, 0.6) is 0 Å². The lowest BCUT2D eigenvalue weighted by Crippen LogP contribution is -2.13. The van der Waals surface area contributed by atoms with Gasteiger partial charge in [0.2, 0.25) is 0 Å². The van der Waals surface area contributed by atoms with Gasteiger partial charge in [0, 0.05) is 15.8 Å². The number of benzene rings is 2. The SMILES string of the molecule is Cc1nc(NC(=O)c2cc(-c3ccc(Cl)c(Cl)c3)nc3ccccc23)sc1C. The van der Waals surface area contributed by atoms with Gasteiger partial charge in [0.25, 0.3) is 5.91 Å². The number of carbonyl (C=O) groups is 1. The van der Waals surface area contributed by atoms with Crippen molar-refractivity contribution in [2.24, 2.45) is 0 Å². The average molecular weight is 428 g/mol. The van der Waals surface area contributed by atoms with Crippen LogP contribution in [0.25, 0.3) is 22.2 Å². The van der Waals surface area contributed by atoms with Crippen molar-refractivity contribution in [1.82, 2.24) is 9.97 Å². The van der Waals surface area contributed by atoms with Crippen molar-refractivity contribution in [3.63, 3.8) is 0 Å². The number of hydrogen-bond donors (Lipinski definition) is 1. The minimum atomic E-state index is -0.228. The predicted octanol–water partition coefficient (Wildman–Crippen LogP) is 6.53. The number of pyridine rings is 1. The molecule has 0 fully saturated rings. The Morgan fingerprint density at radius 2 is 1.79 bits per heavy atom. The van der Waals surface area contributed by atoms with Crippen molar-refractivity contribution in [2.45, 2.75) is 13.8 Å². The second-order valence-electron chi connectivity index (χ2n) is 6.32. The van der Waals surface area contributed by atoms with Crippen molar-refractivity contribution in [3.8, 4) is 11.3 Å². The van der Waals surface area contributed by atoms with Gasteiger partial charge in [0.05, 0.1) is 32.5 Å². The van der Waals surface area contributed by atoms with Crippen LogP contribution in [0.1, 0.15) is 20.9 Å². The third kappa shape index (κ3) is 3.61. The maximum atomic E-state index is 13.0. The first kappa shape index (κ1) is 18.9. The van der Waals surface area contributed by atoms with E-state index in [1.807, 2.05) is 44.2 Å². The molecule has 0 atom stereocenters. The standard InChI is InChI=1S/C21H15Cl2N3OS/c1-11-12(2)28-21(24-11)26-20(27)15-10-19(13-7-8-16(22)17(23)9-13)25-18-6-4-3-5-14(15)18/h3-10H,1-2H3,(H,24,26,27). The number of fused-ring (bicyclic) bond motifs is 1. The summed E-state index contributed by atoms with van der Waals surface area (Å²) in [6.07, 6.45) is 0. The lowest BCUT2D eigenvalue weighted by Gasteiger charge is -2.10. The van der Waals surface area contributed by atoms with Crippen LogP contribution in [0.4, 0.5) is 5.13 Å². The van der Waals surface area contributed by atoms with Crippen LogP contribution >= 0.6 is 34.5 Å². The highest BCUT2D eigenvalue weighted by molar-refractivity contribution is 7.15. The Kier molecular flexibility index (Phi) is 5.06. The summed E-state index contributed by atoms with van der Waals surface area (Å²) in [6, 6.07) is 14.6. The summed E-state index contributed by atoms with van der Waals surface area (Å²) in [5.41, 5.74) is 3.60. The number of para-hydroxylation sites is 1. The molecule has 0 radical (unpaired) electrons. The van der Waals surface area contributed by atoms with Crippen molar-refractivity contribution >= 4 is 56.5 Å². The van der Waals surface area contributed by atoms with E-state index in [-0.39, 0.29) is 5.91 Å². The summed E-state index contributed by atoms with van der Waals surface area (Å²) in [5, 5.41) is 5.17. The van der Waals surface area contributed by atoms with E-state index in [2.05, 4.69) is 15.3 Å². The number of aryl methyl sites for hydroxylation is 2. The first-order valence-corrected chi connectivity index (χ1v) is 10.1. The maximum absolute atomic E-state index is 13.0. The number of anilines is 1. The third-order valence-corrected chi connectivity index (χ3v) is 6.15. The fraction of sp³-hybridized carbons (Fsp3) is 0.0952. The maximum Gasteiger partial charge on any atom is 0.258 e. The molecule has 0 aliphatic rings. The highest BCUT2D eigenvalue weighted by Gasteiger charge is 2.16. The molecule has 7 heteroatoms. The van der Waals surface area contributed by atoms with E-state index in [0.29, 0.717) is 26.4 Å². The molecular weight excluding hydrogens is 413 g/mol. The molecule has 4 rings (SSSR count). The molecule has 0 saturated carbocycles. The molecule has 4 aromatic rings. The van der Waals surface area contributed by atoms with E-state index in [4.69, 9.17) is 23.2 Å². The number of rotatable bonds is 3. The minimum Gasteiger partial charge on any atom is -0.298 e. The van der Waals surface area contributed by atoms with Crippen molar-refractivity contribution in [1.29, 1.82) is 0 Å². The van der Waals surface area contributed by atoms with Gasteiger partial charge >= 0.3 is 0 Å². The second kappa shape index (κ2) is 7.51. The first-order chi connectivity index (χ1) is 13.4. The van der Waals surface area contributed by atoms with E-state index < -0.39 is 0 Å². The van der Waals surface area contributed by atoms with Gasteiger partial charge in [-0.25, -0.2) is 9.97 Å². The number of halogens is 2. The molecule has 1 N–H and O–H groups in total. The molecule has 2 heterocycles. The molecule has 1 amide bonds. The fourth-order valence-electron chi connectivity index (χ4n) is 2.86. The Balaban J connectivity index is 1.82. The van der Waals surface area contributed by atoms with Gasteiger partial charge < -0.3 is 0 Å². The van der Waals surface area contributed by atoms with Gasteiger partial charge in [-0.2, -0.15) is 0 Å². The zero-order chi connectivity index (χ0) is 19.8. The van der Waals surface area contributed by atoms with Crippen LogP contribution in [-0.2, 0) is 0 Å². The summed E-state index contributed by atoms with van der Waals surface area (Å²) in [5.74, 6) is -0.228. The van der Waals surface area contributed by atoms with Crippen molar-refractivity contribution in [2.75, 3.05) is 5.32 Å². The molecule has 0 saturated heterocycles. The van der Waals surface area contributed by atoms with E-state index in [0.717, 1.165) is 27.0 Å². The number of amides is 1. The molecule has 0 bridgehead atoms. The van der Waals surface area contributed by atoms with Crippen LogP contribution in [-0.4, -0.2) is 15.9 Å². The minimum absolute atomic E-state index is 0.228. The number of nitrogens with one attached hydrogen (secondary N) is 1. The molecular formula is C21H15Cl2N3OS. The largest absolute Gasteiger partial charge is 0.298 e. The van der Waals surface area contributed by atoms with Crippen LogP contribution in [0.2, 0.25) is 10.0 Å². The third-order valence-electron chi connectivity index (χ3n) is 4.43. The number of nitrogens with zero attached hydrogens (tertiary/aromatic N) is 2. The summed E-state index contributed by atoms with van der Waals surface area (Å²) >= 11 is 13.6. The van der Waals surface area contributed by atoms with Gasteiger partial charge in [0.1, 0.15) is 0 Å². The van der Waals surface area contributed by atoms with E-state index in [1.54, 1.807) is 18.2 Å². The lowest BCUT2D eigenvalue weighted by molar-refractivity contribution is 0.102. The Morgan fingerprint density at radius 3 is 2.50 bits per heavy atom. The smallest absolute Gasteiger partial charge is 0.258 e. The van der Waals surface area contributed by atoms with Gasteiger partial charge in [-0.1, -0.05) is 47.5 Å². The normalized spacial score (nSPS) is 11.0. The monoisotopic (exact) mass is 427 g/mol. The molecule has 0 spiro atoms. The van der Waals surface area contributed by atoms with Gasteiger partial charge in [-0.15, -0.1) is 11.3 Å². The molecule has 0 unspecified atom stereocenters. The molecule has 0 aliphatic carbocycles. The quantitative estimate of drug-likeness (QED) is 0.403. The van der Waals surface area contributed by atoms with E-state index in [9.17, 15) is 4.79 Å². The Morgan fingerprint density at radius 1 is 1.00 bits per heavy atom. The van der Waals surface area contributed by atoms with Crippen LogP contribution in [0.3, 0.4) is 0 Å². The topological polar surface area (TPSA) is 54.9 Å². The van der Waals surface area contributed by atoms with Gasteiger partial charge in [0.15, 0.2) is 5.13 Å². The van der Waals surface area contributed by atoms with E-state index in [1.165, 1.54) is 11.3 Å². The Bertz CT molecular complexity index is 1200. The van der Waals surface area contributed by atoms with Crippen LogP contribution in [0, 0.1) is 13.8 Å². The Hall–Kier alpha value is -2.47. The summed E-state index contributed by atoms with van der Waals surface area (Å²) in [7, 11) is 0. The lowest BCUT2D eigenvalue weighted by atomic mass is 10.0. The van der Waals surface area contributed by atoms with Gasteiger partial charge in [-0.3, -0.25) is 10.1 Å². The predicted molar refractivity (Wildman–Crippen MR) is 117 cm³/mol. The molecule has 140 valence electrons. The highest BCUT2D eigenvalue weighted by Crippen LogP contribution is 2.31.